The van der Waals surface area contributed by atoms with Crippen LogP contribution in [0, 0.1) is 6.92 Å². The number of benzene rings is 3. The molecule has 1 aromatic heterocycles. The molecule has 4 rings (SSSR count). The van der Waals surface area contributed by atoms with Crippen molar-refractivity contribution in [2.75, 3.05) is 12.3 Å². The van der Waals surface area contributed by atoms with Crippen molar-refractivity contribution in [3.63, 3.8) is 0 Å². The van der Waals surface area contributed by atoms with Gasteiger partial charge in [-0.1, -0.05) is 42.5 Å². The summed E-state index contributed by atoms with van der Waals surface area (Å²) in [5.41, 5.74) is 8.66. The molecule has 30 heavy (non-hydrogen) atoms. The number of imidazole rings is 1. The molecule has 6 heteroatoms. The van der Waals surface area contributed by atoms with Crippen molar-refractivity contribution in [1.82, 2.24) is 9.66 Å². The van der Waals surface area contributed by atoms with Gasteiger partial charge in [0.15, 0.2) is 11.5 Å². The van der Waals surface area contributed by atoms with E-state index in [-0.39, 0.29) is 0 Å². The van der Waals surface area contributed by atoms with Crippen molar-refractivity contribution in [1.29, 1.82) is 0 Å². The minimum Gasteiger partial charge on any atom is -0.490 e. The highest BCUT2D eigenvalue weighted by Crippen LogP contribution is 2.30. The van der Waals surface area contributed by atoms with Gasteiger partial charge in [-0.25, -0.2) is 9.66 Å². The van der Waals surface area contributed by atoms with Gasteiger partial charge in [0.1, 0.15) is 6.61 Å². The summed E-state index contributed by atoms with van der Waals surface area (Å²) >= 11 is 0. The summed E-state index contributed by atoms with van der Waals surface area (Å²) in [6.45, 7) is 4.82. The standard InChI is InChI=1S/C24H24N4O2/c1-3-29-23-13-18(14-26-28-15-17(2)27-24(28)25)11-12-22(23)30-16-20-9-6-8-19-7-4-5-10-21(19)20/h4-15H,3,16H2,1-2H3,(H2,25,27). The van der Waals surface area contributed by atoms with Crippen molar-refractivity contribution in [3.8, 4) is 11.5 Å². The molecule has 0 aliphatic carbocycles. The van der Waals surface area contributed by atoms with Gasteiger partial charge in [0.25, 0.3) is 0 Å². The highest BCUT2D eigenvalue weighted by molar-refractivity contribution is 5.85. The second-order valence-corrected chi connectivity index (χ2v) is 6.90. The lowest BCUT2D eigenvalue weighted by Gasteiger charge is -2.13. The first-order valence-corrected chi connectivity index (χ1v) is 9.86. The third kappa shape index (κ3) is 4.27. The summed E-state index contributed by atoms with van der Waals surface area (Å²) in [4.78, 5) is 4.14. The van der Waals surface area contributed by atoms with E-state index in [1.54, 1.807) is 17.1 Å². The van der Waals surface area contributed by atoms with Crippen LogP contribution in [0.3, 0.4) is 0 Å². The molecule has 152 valence electrons. The predicted molar refractivity (Wildman–Crippen MR) is 120 cm³/mol. The smallest absolute Gasteiger partial charge is 0.221 e. The summed E-state index contributed by atoms with van der Waals surface area (Å²) in [6, 6.07) is 20.3. The number of nitrogens with zero attached hydrogens (tertiary/aromatic N) is 3. The molecule has 2 N–H and O–H groups in total. The maximum atomic E-state index is 6.12. The van der Waals surface area contributed by atoms with Gasteiger partial charge in [-0.05, 0) is 53.9 Å². The predicted octanol–water partition coefficient (Wildman–Crippen LogP) is 4.79. The zero-order valence-corrected chi connectivity index (χ0v) is 17.1. The summed E-state index contributed by atoms with van der Waals surface area (Å²) < 4.78 is 13.5. The molecule has 0 aliphatic heterocycles. The third-order valence-electron chi connectivity index (χ3n) is 4.70. The van der Waals surface area contributed by atoms with Crippen LogP contribution in [0.1, 0.15) is 23.7 Å². The van der Waals surface area contributed by atoms with Crippen LogP contribution in [0.5, 0.6) is 11.5 Å². The van der Waals surface area contributed by atoms with Crippen LogP contribution in [0.2, 0.25) is 0 Å². The Morgan fingerprint density at radius 1 is 1.03 bits per heavy atom. The zero-order valence-electron chi connectivity index (χ0n) is 17.1. The summed E-state index contributed by atoms with van der Waals surface area (Å²) in [7, 11) is 0. The van der Waals surface area contributed by atoms with Gasteiger partial charge >= 0.3 is 0 Å². The maximum Gasteiger partial charge on any atom is 0.221 e. The van der Waals surface area contributed by atoms with Gasteiger partial charge in [-0.3, -0.25) is 0 Å². The van der Waals surface area contributed by atoms with Crippen LogP contribution in [-0.4, -0.2) is 22.5 Å². The molecule has 0 saturated carbocycles. The third-order valence-corrected chi connectivity index (χ3v) is 4.70. The molecule has 0 amide bonds. The molecule has 0 unspecified atom stereocenters. The summed E-state index contributed by atoms with van der Waals surface area (Å²) in [5, 5.41) is 6.75. The van der Waals surface area contributed by atoms with Gasteiger partial charge < -0.3 is 15.2 Å². The lowest BCUT2D eigenvalue weighted by molar-refractivity contribution is 0.270. The van der Waals surface area contributed by atoms with Crippen molar-refractivity contribution >= 4 is 22.9 Å². The van der Waals surface area contributed by atoms with Crippen LogP contribution >= 0.6 is 0 Å². The van der Waals surface area contributed by atoms with Crippen LogP contribution < -0.4 is 15.2 Å². The molecule has 6 nitrogen and oxygen atoms in total. The highest BCUT2D eigenvalue weighted by atomic mass is 16.5. The van der Waals surface area contributed by atoms with Crippen molar-refractivity contribution < 1.29 is 9.47 Å². The van der Waals surface area contributed by atoms with E-state index in [4.69, 9.17) is 15.2 Å². The Hall–Kier alpha value is -3.80. The van der Waals surface area contributed by atoms with Gasteiger partial charge in [0.2, 0.25) is 5.95 Å². The minimum atomic E-state index is 0.351. The molecule has 3 aromatic carbocycles. The monoisotopic (exact) mass is 400 g/mol. The van der Waals surface area contributed by atoms with Crippen LogP contribution in [0.4, 0.5) is 5.95 Å². The molecule has 0 bridgehead atoms. The van der Waals surface area contributed by atoms with Crippen molar-refractivity contribution in [3.05, 3.63) is 83.7 Å². The molecule has 4 aromatic rings. The Morgan fingerprint density at radius 3 is 2.67 bits per heavy atom. The van der Waals surface area contributed by atoms with Gasteiger partial charge in [0, 0.05) is 0 Å². The molecule has 0 spiro atoms. The fourth-order valence-electron chi connectivity index (χ4n) is 3.29. The molecular weight excluding hydrogens is 376 g/mol. The second-order valence-electron chi connectivity index (χ2n) is 6.90. The Kier molecular flexibility index (Phi) is 5.66. The first kappa shape index (κ1) is 19.5. The molecule has 1 heterocycles. The molecule has 0 atom stereocenters. The molecule has 0 aliphatic rings. The number of ether oxygens (including phenoxy) is 2. The summed E-state index contributed by atoms with van der Waals surface area (Å²) in [6.07, 6.45) is 3.49. The number of hydrogen-bond acceptors (Lipinski definition) is 5. The topological polar surface area (TPSA) is 74.7 Å². The fraction of sp³-hybridized carbons (Fsp3) is 0.167. The second kappa shape index (κ2) is 8.69. The maximum absolute atomic E-state index is 6.12. The van der Waals surface area contributed by atoms with Crippen LogP contribution in [0.25, 0.3) is 10.8 Å². The van der Waals surface area contributed by atoms with Gasteiger partial charge in [-0.15, -0.1) is 0 Å². The Labute approximate surface area is 175 Å². The quantitative estimate of drug-likeness (QED) is 0.453. The fourth-order valence-corrected chi connectivity index (χ4v) is 3.29. The van der Waals surface area contributed by atoms with Crippen molar-refractivity contribution in [2.45, 2.75) is 20.5 Å². The van der Waals surface area contributed by atoms with E-state index in [1.807, 2.05) is 50.2 Å². The van der Waals surface area contributed by atoms with E-state index in [9.17, 15) is 0 Å². The Morgan fingerprint density at radius 2 is 1.87 bits per heavy atom. The minimum absolute atomic E-state index is 0.351. The SMILES string of the molecule is CCOc1cc(C=Nn2cc(C)nc2N)ccc1OCc1cccc2ccccc12. The van der Waals surface area contributed by atoms with E-state index in [2.05, 4.69) is 34.4 Å². The van der Waals surface area contributed by atoms with Crippen LogP contribution in [-0.2, 0) is 6.61 Å². The Balaban J connectivity index is 1.55. The number of nitrogens with two attached hydrogens (primary N) is 1. The van der Waals surface area contributed by atoms with E-state index >= 15 is 0 Å². The average molecular weight is 400 g/mol. The van der Waals surface area contributed by atoms with E-state index < -0.39 is 0 Å². The zero-order chi connectivity index (χ0) is 20.9. The first-order valence-electron chi connectivity index (χ1n) is 9.86. The number of fused-ring (bicyclic) bond motifs is 1. The van der Waals surface area contributed by atoms with E-state index in [0.717, 1.165) is 16.8 Å². The van der Waals surface area contributed by atoms with Crippen LogP contribution in [0.15, 0.2) is 72.0 Å². The number of anilines is 1. The normalized spacial score (nSPS) is 11.3. The van der Waals surface area contributed by atoms with Gasteiger partial charge in [0.05, 0.1) is 24.7 Å². The highest BCUT2D eigenvalue weighted by Gasteiger charge is 2.08. The van der Waals surface area contributed by atoms with Gasteiger partial charge in [-0.2, -0.15) is 5.10 Å². The lowest BCUT2D eigenvalue weighted by Crippen LogP contribution is -2.01. The molecule has 0 saturated heterocycles. The lowest BCUT2D eigenvalue weighted by atomic mass is 10.1. The van der Waals surface area contributed by atoms with Crippen molar-refractivity contribution in [2.24, 2.45) is 5.10 Å². The Bertz CT molecular complexity index is 1190. The molecule has 0 fully saturated rings. The van der Waals surface area contributed by atoms with E-state index in [0.29, 0.717) is 30.7 Å². The number of nitrogen functional groups attached to an aromatic ring is 1. The molecule has 0 radical (unpaired) electrons. The molecular formula is C24H24N4O2. The first-order chi connectivity index (χ1) is 14.6. The summed E-state index contributed by atoms with van der Waals surface area (Å²) in [5.74, 6) is 1.72. The largest absolute Gasteiger partial charge is 0.490 e. The number of rotatable bonds is 7. The number of aromatic nitrogens is 2. The number of hydrogen-bond donors (Lipinski definition) is 1. The number of aryl methyl sites for hydroxylation is 1. The average Bonchev–Trinajstić information content (AvgIpc) is 3.08. The van der Waals surface area contributed by atoms with E-state index in [1.165, 1.54) is 10.8 Å².